The zero-order chi connectivity index (χ0) is 20.1. The summed E-state index contributed by atoms with van der Waals surface area (Å²) >= 11 is 0. The third kappa shape index (κ3) is 11.8. The SMILES string of the molecule is CCNC(=NCC(C(C)C)N1CCCCCC1)NCCCNS(=O)(=O)CC.I. The van der Waals surface area contributed by atoms with Gasteiger partial charge in [0.2, 0.25) is 10.0 Å². The van der Waals surface area contributed by atoms with Crippen molar-refractivity contribution in [3.63, 3.8) is 0 Å². The van der Waals surface area contributed by atoms with Crippen LogP contribution in [0.15, 0.2) is 4.99 Å². The van der Waals surface area contributed by atoms with E-state index in [1.807, 2.05) is 0 Å². The molecule has 1 saturated heterocycles. The summed E-state index contributed by atoms with van der Waals surface area (Å²) < 4.78 is 25.5. The highest BCUT2D eigenvalue weighted by Gasteiger charge is 2.22. The number of rotatable bonds is 11. The van der Waals surface area contributed by atoms with Crippen molar-refractivity contribution in [3.8, 4) is 0 Å². The topological polar surface area (TPSA) is 85.8 Å². The molecule has 1 heterocycles. The van der Waals surface area contributed by atoms with Gasteiger partial charge in [0.15, 0.2) is 5.96 Å². The van der Waals surface area contributed by atoms with Crippen molar-refractivity contribution in [2.75, 3.05) is 45.0 Å². The highest BCUT2D eigenvalue weighted by Crippen LogP contribution is 2.17. The Morgan fingerprint density at radius 2 is 1.68 bits per heavy atom. The molecule has 1 aliphatic rings. The van der Waals surface area contributed by atoms with Gasteiger partial charge in [0, 0.05) is 25.7 Å². The van der Waals surface area contributed by atoms with Gasteiger partial charge in [-0.3, -0.25) is 9.89 Å². The van der Waals surface area contributed by atoms with Crippen molar-refractivity contribution in [2.24, 2.45) is 10.9 Å². The van der Waals surface area contributed by atoms with Crippen LogP contribution in [0.1, 0.15) is 59.8 Å². The van der Waals surface area contributed by atoms with Gasteiger partial charge in [0.05, 0.1) is 12.3 Å². The van der Waals surface area contributed by atoms with Crippen molar-refractivity contribution < 1.29 is 8.42 Å². The molecule has 168 valence electrons. The second-order valence-corrected chi connectivity index (χ2v) is 9.65. The highest BCUT2D eigenvalue weighted by atomic mass is 127. The van der Waals surface area contributed by atoms with Crippen molar-refractivity contribution in [2.45, 2.75) is 65.8 Å². The third-order valence-corrected chi connectivity index (χ3v) is 6.41. The average molecular weight is 532 g/mol. The molecule has 1 fully saturated rings. The molecule has 0 spiro atoms. The van der Waals surface area contributed by atoms with Gasteiger partial charge in [-0.2, -0.15) is 0 Å². The second-order valence-electron chi connectivity index (χ2n) is 7.56. The van der Waals surface area contributed by atoms with Crippen LogP contribution >= 0.6 is 24.0 Å². The van der Waals surface area contributed by atoms with E-state index in [0.29, 0.717) is 25.0 Å². The summed E-state index contributed by atoms with van der Waals surface area (Å²) in [5, 5.41) is 6.61. The summed E-state index contributed by atoms with van der Waals surface area (Å²) in [6.07, 6.45) is 5.99. The molecular weight excluding hydrogens is 489 g/mol. The van der Waals surface area contributed by atoms with E-state index in [1.165, 1.54) is 38.8 Å². The molecule has 0 aromatic rings. The number of likely N-dealkylation sites (tertiary alicyclic amines) is 1. The van der Waals surface area contributed by atoms with Gasteiger partial charge in [0.25, 0.3) is 0 Å². The van der Waals surface area contributed by atoms with E-state index in [0.717, 1.165) is 25.5 Å². The molecule has 7 nitrogen and oxygen atoms in total. The molecule has 1 atom stereocenters. The lowest BCUT2D eigenvalue weighted by Gasteiger charge is -2.32. The van der Waals surface area contributed by atoms with Crippen molar-refractivity contribution in [3.05, 3.63) is 0 Å². The lowest BCUT2D eigenvalue weighted by atomic mass is 10.0. The van der Waals surface area contributed by atoms with Gasteiger partial charge in [0.1, 0.15) is 0 Å². The Bertz CT molecular complexity index is 520. The largest absolute Gasteiger partial charge is 0.357 e. The van der Waals surface area contributed by atoms with E-state index in [9.17, 15) is 8.42 Å². The van der Waals surface area contributed by atoms with Crippen LogP contribution in [0.3, 0.4) is 0 Å². The van der Waals surface area contributed by atoms with E-state index in [2.05, 4.69) is 41.0 Å². The van der Waals surface area contributed by atoms with Crippen molar-refractivity contribution in [1.82, 2.24) is 20.3 Å². The van der Waals surface area contributed by atoms with E-state index >= 15 is 0 Å². The monoisotopic (exact) mass is 531 g/mol. The van der Waals surface area contributed by atoms with Crippen LogP contribution in [0.4, 0.5) is 0 Å². The quantitative estimate of drug-likeness (QED) is 0.165. The van der Waals surface area contributed by atoms with Gasteiger partial charge in [-0.1, -0.05) is 26.7 Å². The maximum absolute atomic E-state index is 11.4. The summed E-state index contributed by atoms with van der Waals surface area (Å²) in [5.74, 6) is 1.51. The van der Waals surface area contributed by atoms with E-state index in [-0.39, 0.29) is 29.7 Å². The predicted molar refractivity (Wildman–Crippen MR) is 130 cm³/mol. The molecule has 0 bridgehead atoms. The minimum absolute atomic E-state index is 0. The number of halogens is 1. The average Bonchev–Trinajstić information content (AvgIpc) is 2.90. The summed E-state index contributed by atoms with van der Waals surface area (Å²) in [5.41, 5.74) is 0. The lowest BCUT2D eigenvalue weighted by molar-refractivity contribution is 0.166. The van der Waals surface area contributed by atoms with E-state index in [4.69, 9.17) is 4.99 Å². The summed E-state index contributed by atoms with van der Waals surface area (Å²) in [4.78, 5) is 7.43. The maximum atomic E-state index is 11.4. The third-order valence-electron chi connectivity index (χ3n) is 5.01. The molecule has 1 aliphatic heterocycles. The Morgan fingerprint density at radius 1 is 1.04 bits per heavy atom. The number of hydrogen-bond donors (Lipinski definition) is 3. The van der Waals surface area contributed by atoms with Gasteiger partial charge < -0.3 is 10.6 Å². The summed E-state index contributed by atoms with van der Waals surface area (Å²) in [6, 6.07) is 0.468. The van der Waals surface area contributed by atoms with Gasteiger partial charge in [-0.15, -0.1) is 24.0 Å². The van der Waals surface area contributed by atoms with Crippen LogP contribution < -0.4 is 15.4 Å². The fourth-order valence-electron chi connectivity index (χ4n) is 3.33. The molecule has 1 rings (SSSR count). The standard InChI is InChI=1S/C19H41N5O2S.HI/c1-5-20-19(21-12-11-13-23-27(25,26)6-2)22-16-18(17(3)4)24-14-9-7-8-10-15-24;/h17-18,23H,5-16H2,1-4H3,(H2,20,21,22);1H. The van der Waals surface area contributed by atoms with Gasteiger partial charge in [-0.25, -0.2) is 13.1 Å². The fourth-order valence-corrected chi connectivity index (χ4v) is 3.99. The van der Waals surface area contributed by atoms with E-state index in [1.54, 1.807) is 6.92 Å². The first-order valence-corrected chi connectivity index (χ1v) is 12.3. The molecule has 0 radical (unpaired) electrons. The van der Waals surface area contributed by atoms with Crippen LogP contribution in [0.25, 0.3) is 0 Å². The van der Waals surface area contributed by atoms with Crippen LogP contribution in [-0.2, 0) is 10.0 Å². The number of sulfonamides is 1. The second kappa shape index (κ2) is 15.7. The summed E-state index contributed by atoms with van der Waals surface area (Å²) in [7, 11) is -3.11. The van der Waals surface area contributed by atoms with Gasteiger partial charge >= 0.3 is 0 Å². The normalized spacial score (nSPS) is 17.7. The van der Waals surface area contributed by atoms with Crippen LogP contribution in [0.5, 0.6) is 0 Å². The number of aliphatic imine (C=N–C) groups is 1. The van der Waals surface area contributed by atoms with Crippen molar-refractivity contribution >= 4 is 40.0 Å². The molecule has 9 heteroatoms. The minimum atomic E-state index is -3.11. The Morgan fingerprint density at radius 3 is 2.21 bits per heavy atom. The molecule has 28 heavy (non-hydrogen) atoms. The van der Waals surface area contributed by atoms with Crippen LogP contribution in [-0.4, -0.2) is 70.3 Å². The molecule has 0 aromatic heterocycles. The zero-order valence-corrected chi connectivity index (χ0v) is 21.3. The van der Waals surface area contributed by atoms with Gasteiger partial charge in [-0.05, 0) is 52.1 Å². The molecule has 3 N–H and O–H groups in total. The predicted octanol–water partition coefficient (Wildman–Crippen LogP) is 2.39. The molecule has 0 saturated carbocycles. The Kier molecular flexibility index (Phi) is 15.6. The maximum Gasteiger partial charge on any atom is 0.211 e. The smallest absolute Gasteiger partial charge is 0.211 e. The first-order chi connectivity index (χ1) is 12.9. The van der Waals surface area contributed by atoms with Crippen LogP contribution in [0.2, 0.25) is 0 Å². The number of nitrogens with zero attached hydrogens (tertiary/aromatic N) is 2. The summed E-state index contributed by atoms with van der Waals surface area (Å²) in [6.45, 7) is 13.4. The minimum Gasteiger partial charge on any atom is -0.357 e. The Balaban J connectivity index is 0.00000729. The van der Waals surface area contributed by atoms with Crippen LogP contribution in [0, 0.1) is 5.92 Å². The molecule has 0 amide bonds. The lowest BCUT2D eigenvalue weighted by Crippen LogP contribution is -2.44. The van der Waals surface area contributed by atoms with Crippen molar-refractivity contribution in [1.29, 1.82) is 0 Å². The molecule has 0 aromatic carbocycles. The Labute approximate surface area is 190 Å². The highest BCUT2D eigenvalue weighted by molar-refractivity contribution is 14.0. The zero-order valence-electron chi connectivity index (χ0n) is 18.2. The van der Waals surface area contributed by atoms with E-state index < -0.39 is 10.0 Å². The first kappa shape index (κ1) is 27.9. The molecular formula is C19H42IN5O2S. The fraction of sp³-hybridized carbons (Fsp3) is 0.947. The molecule has 1 unspecified atom stereocenters. The Hall–Kier alpha value is -0.130. The molecule has 0 aliphatic carbocycles. The number of hydrogen-bond acceptors (Lipinski definition) is 4. The number of nitrogens with one attached hydrogen (secondary N) is 3. The number of guanidine groups is 1. The first-order valence-electron chi connectivity index (χ1n) is 10.6.